The third-order valence-corrected chi connectivity index (χ3v) is 4.92. The molecular formula is C21H17ClF2N6O. The minimum atomic E-state index is -0.681. The van der Waals surface area contributed by atoms with E-state index in [1.807, 2.05) is 0 Å². The zero-order chi connectivity index (χ0) is 21.8. The Balaban J connectivity index is 1.42. The summed E-state index contributed by atoms with van der Waals surface area (Å²) in [5, 5.41) is 10.9. The van der Waals surface area contributed by atoms with E-state index in [0.29, 0.717) is 29.9 Å². The SMILES string of the molecule is O=C(NCCn1ncc2c(NCc3ccc(F)cc3)ncnc21)c1c(F)cccc1Cl. The van der Waals surface area contributed by atoms with Crippen LogP contribution >= 0.6 is 11.6 Å². The van der Waals surface area contributed by atoms with Crippen molar-refractivity contribution in [2.75, 3.05) is 11.9 Å². The Labute approximate surface area is 181 Å². The molecule has 0 radical (unpaired) electrons. The second kappa shape index (κ2) is 9.05. The molecule has 0 atom stereocenters. The quantitative estimate of drug-likeness (QED) is 0.455. The molecule has 0 saturated carbocycles. The van der Waals surface area contributed by atoms with E-state index in [1.54, 1.807) is 23.0 Å². The van der Waals surface area contributed by atoms with E-state index in [0.717, 1.165) is 5.56 Å². The van der Waals surface area contributed by atoms with Crippen LogP contribution in [0.5, 0.6) is 0 Å². The number of fused-ring (bicyclic) bond motifs is 1. The highest BCUT2D eigenvalue weighted by Gasteiger charge is 2.16. The molecule has 4 rings (SSSR count). The van der Waals surface area contributed by atoms with Crippen LogP contribution in [0.25, 0.3) is 11.0 Å². The number of anilines is 1. The number of hydrogen-bond donors (Lipinski definition) is 2. The fraction of sp³-hybridized carbons (Fsp3) is 0.143. The fourth-order valence-electron chi connectivity index (χ4n) is 3.06. The number of rotatable bonds is 7. The van der Waals surface area contributed by atoms with Gasteiger partial charge in [-0.1, -0.05) is 29.8 Å². The largest absolute Gasteiger partial charge is 0.365 e. The zero-order valence-electron chi connectivity index (χ0n) is 16.1. The molecule has 0 spiro atoms. The Bertz CT molecular complexity index is 1210. The molecule has 2 aromatic heterocycles. The van der Waals surface area contributed by atoms with Crippen molar-refractivity contribution in [3.8, 4) is 0 Å². The summed E-state index contributed by atoms with van der Waals surface area (Å²) in [4.78, 5) is 20.8. The molecule has 31 heavy (non-hydrogen) atoms. The summed E-state index contributed by atoms with van der Waals surface area (Å²) >= 11 is 5.92. The van der Waals surface area contributed by atoms with E-state index >= 15 is 0 Å². The molecular weight excluding hydrogens is 426 g/mol. The number of nitrogens with one attached hydrogen (secondary N) is 2. The molecule has 2 N–H and O–H groups in total. The van der Waals surface area contributed by atoms with Gasteiger partial charge in [-0.05, 0) is 29.8 Å². The van der Waals surface area contributed by atoms with E-state index < -0.39 is 11.7 Å². The van der Waals surface area contributed by atoms with Gasteiger partial charge in [-0.3, -0.25) is 4.79 Å². The van der Waals surface area contributed by atoms with E-state index in [9.17, 15) is 13.6 Å². The van der Waals surface area contributed by atoms with Gasteiger partial charge in [0.15, 0.2) is 5.65 Å². The van der Waals surface area contributed by atoms with Crippen LogP contribution in [0.1, 0.15) is 15.9 Å². The Morgan fingerprint density at radius 2 is 1.90 bits per heavy atom. The van der Waals surface area contributed by atoms with Crippen molar-refractivity contribution in [2.24, 2.45) is 0 Å². The monoisotopic (exact) mass is 442 g/mol. The van der Waals surface area contributed by atoms with Crippen LogP contribution in [-0.4, -0.2) is 32.2 Å². The number of carbonyl (C=O) groups excluding carboxylic acids is 1. The Hall–Kier alpha value is -3.59. The molecule has 2 aromatic carbocycles. The molecule has 1 amide bonds. The lowest BCUT2D eigenvalue weighted by Crippen LogP contribution is -2.28. The number of halogens is 3. The first-order chi connectivity index (χ1) is 15.0. The standard InChI is InChI=1S/C21H17ClF2N6O/c22-16-2-1-3-17(24)18(16)21(31)25-8-9-30-20-15(11-29-30)19(27-12-28-20)26-10-13-4-6-14(23)7-5-13/h1-7,11-12H,8-10H2,(H,25,31)(H,26,27,28). The molecule has 4 aromatic rings. The van der Waals surface area contributed by atoms with Crippen molar-refractivity contribution in [1.29, 1.82) is 0 Å². The second-order valence-electron chi connectivity index (χ2n) is 6.66. The summed E-state index contributed by atoms with van der Waals surface area (Å²) in [7, 11) is 0. The minimum Gasteiger partial charge on any atom is -0.365 e. The molecule has 2 heterocycles. The van der Waals surface area contributed by atoms with Crippen LogP contribution in [0, 0.1) is 11.6 Å². The number of aromatic nitrogens is 4. The minimum absolute atomic E-state index is 0.0478. The summed E-state index contributed by atoms with van der Waals surface area (Å²) in [5.41, 5.74) is 1.29. The molecule has 10 heteroatoms. The van der Waals surface area contributed by atoms with Crippen molar-refractivity contribution in [1.82, 2.24) is 25.1 Å². The topological polar surface area (TPSA) is 84.7 Å². The smallest absolute Gasteiger partial charge is 0.255 e. The molecule has 0 aliphatic rings. The lowest BCUT2D eigenvalue weighted by Gasteiger charge is -2.09. The average molecular weight is 443 g/mol. The van der Waals surface area contributed by atoms with E-state index in [4.69, 9.17) is 11.6 Å². The summed E-state index contributed by atoms with van der Waals surface area (Å²) in [6.45, 7) is 0.968. The van der Waals surface area contributed by atoms with Crippen LogP contribution in [-0.2, 0) is 13.1 Å². The van der Waals surface area contributed by atoms with Gasteiger partial charge >= 0.3 is 0 Å². The van der Waals surface area contributed by atoms with E-state index in [2.05, 4.69) is 25.7 Å². The van der Waals surface area contributed by atoms with Crippen LogP contribution in [0.3, 0.4) is 0 Å². The highest BCUT2D eigenvalue weighted by Crippen LogP contribution is 2.20. The van der Waals surface area contributed by atoms with Crippen molar-refractivity contribution in [3.63, 3.8) is 0 Å². The van der Waals surface area contributed by atoms with Gasteiger partial charge in [-0.25, -0.2) is 23.4 Å². The van der Waals surface area contributed by atoms with Crippen LogP contribution in [0.4, 0.5) is 14.6 Å². The molecule has 0 aliphatic heterocycles. The number of nitrogens with zero attached hydrogens (tertiary/aromatic N) is 4. The Morgan fingerprint density at radius 3 is 2.68 bits per heavy atom. The van der Waals surface area contributed by atoms with E-state index in [1.165, 1.54) is 36.7 Å². The zero-order valence-corrected chi connectivity index (χ0v) is 16.9. The van der Waals surface area contributed by atoms with Gasteiger partial charge in [0.25, 0.3) is 5.91 Å². The lowest BCUT2D eigenvalue weighted by molar-refractivity contribution is 0.0948. The van der Waals surface area contributed by atoms with Gasteiger partial charge in [0.1, 0.15) is 23.8 Å². The maximum Gasteiger partial charge on any atom is 0.255 e. The van der Waals surface area contributed by atoms with Crippen LogP contribution < -0.4 is 10.6 Å². The number of amides is 1. The fourth-order valence-corrected chi connectivity index (χ4v) is 3.31. The molecule has 0 fully saturated rings. The predicted octanol–water partition coefficient (Wildman–Crippen LogP) is 3.80. The van der Waals surface area contributed by atoms with Crippen molar-refractivity contribution in [2.45, 2.75) is 13.1 Å². The first kappa shape index (κ1) is 20.7. The van der Waals surface area contributed by atoms with Gasteiger partial charge in [0, 0.05) is 13.1 Å². The van der Waals surface area contributed by atoms with Gasteiger partial charge in [-0.2, -0.15) is 5.10 Å². The normalized spacial score (nSPS) is 10.9. The maximum absolute atomic E-state index is 13.9. The Morgan fingerprint density at radius 1 is 1.10 bits per heavy atom. The summed E-state index contributed by atoms with van der Waals surface area (Å²) < 4.78 is 28.5. The number of carbonyl (C=O) groups is 1. The molecule has 158 valence electrons. The van der Waals surface area contributed by atoms with Gasteiger partial charge in [0.2, 0.25) is 0 Å². The summed E-state index contributed by atoms with van der Waals surface area (Å²) in [6, 6.07) is 10.2. The summed E-state index contributed by atoms with van der Waals surface area (Å²) in [5.74, 6) is -0.989. The van der Waals surface area contributed by atoms with Crippen LogP contribution in [0.15, 0.2) is 55.0 Å². The predicted molar refractivity (Wildman–Crippen MR) is 113 cm³/mol. The number of hydrogen-bond acceptors (Lipinski definition) is 5. The van der Waals surface area contributed by atoms with Crippen LogP contribution in [0.2, 0.25) is 5.02 Å². The lowest BCUT2D eigenvalue weighted by atomic mass is 10.2. The van der Waals surface area contributed by atoms with Crippen molar-refractivity contribution in [3.05, 3.63) is 82.8 Å². The summed E-state index contributed by atoms with van der Waals surface area (Å²) in [6.07, 6.45) is 3.03. The Kier molecular flexibility index (Phi) is 6.03. The molecule has 0 unspecified atom stereocenters. The molecule has 0 aliphatic carbocycles. The first-order valence-corrected chi connectivity index (χ1v) is 9.78. The number of benzene rings is 2. The van der Waals surface area contributed by atoms with E-state index in [-0.39, 0.29) is 22.9 Å². The first-order valence-electron chi connectivity index (χ1n) is 9.40. The third-order valence-electron chi connectivity index (χ3n) is 4.61. The maximum atomic E-state index is 13.9. The highest BCUT2D eigenvalue weighted by molar-refractivity contribution is 6.33. The molecule has 7 nitrogen and oxygen atoms in total. The average Bonchev–Trinajstić information content (AvgIpc) is 3.17. The van der Waals surface area contributed by atoms with Crippen molar-refractivity contribution < 1.29 is 13.6 Å². The molecule has 0 bridgehead atoms. The second-order valence-corrected chi connectivity index (χ2v) is 7.07. The van der Waals surface area contributed by atoms with Crippen molar-refractivity contribution >= 4 is 34.4 Å². The molecule has 0 saturated heterocycles. The van der Waals surface area contributed by atoms with Gasteiger partial charge in [-0.15, -0.1) is 0 Å². The third kappa shape index (κ3) is 4.61. The van der Waals surface area contributed by atoms with Gasteiger partial charge in [0.05, 0.1) is 28.7 Å². The van der Waals surface area contributed by atoms with Gasteiger partial charge < -0.3 is 10.6 Å². The highest BCUT2D eigenvalue weighted by atomic mass is 35.5.